The van der Waals surface area contributed by atoms with E-state index in [4.69, 9.17) is 4.74 Å². The van der Waals surface area contributed by atoms with Gasteiger partial charge in [0, 0.05) is 17.8 Å². The van der Waals surface area contributed by atoms with Gasteiger partial charge in [0.1, 0.15) is 17.1 Å². The predicted octanol–water partition coefficient (Wildman–Crippen LogP) is 4.38. The van der Waals surface area contributed by atoms with Gasteiger partial charge < -0.3 is 24.8 Å². The van der Waals surface area contributed by atoms with Crippen molar-refractivity contribution in [3.05, 3.63) is 65.9 Å². The zero-order chi connectivity index (χ0) is 24.3. The maximum atomic E-state index is 12.7. The van der Waals surface area contributed by atoms with Crippen LogP contribution in [0.4, 0.5) is 11.4 Å². The SMILES string of the molecule is COC(=O)CCCCCCCOc1ccc(NC(=O)C2=C(O)CN(c3ccccc3)C2=O)cc1. The molecule has 2 aromatic carbocycles. The van der Waals surface area contributed by atoms with Gasteiger partial charge >= 0.3 is 5.97 Å². The minimum atomic E-state index is -0.651. The van der Waals surface area contributed by atoms with E-state index in [0.29, 0.717) is 30.2 Å². The van der Waals surface area contributed by atoms with Crippen molar-refractivity contribution in [1.82, 2.24) is 0 Å². The molecule has 0 saturated carbocycles. The maximum Gasteiger partial charge on any atom is 0.305 e. The highest BCUT2D eigenvalue weighted by Gasteiger charge is 2.35. The Balaban J connectivity index is 1.40. The summed E-state index contributed by atoms with van der Waals surface area (Å²) in [6.45, 7) is 0.539. The van der Waals surface area contributed by atoms with Gasteiger partial charge in [-0.1, -0.05) is 37.5 Å². The van der Waals surface area contributed by atoms with E-state index in [-0.39, 0.29) is 23.8 Å². The van der Waals surface area contributed by atoms with Crippen LogP contribution in [-0.2, 0) is 19.1 Å². The Hall–Kier alpha value is -3.81. The summed E-state index contributed by atoms with van der Waals surface area (Å²) in [6.07, 6.45) is 5.25. The number of hydrogen-bond acceptors (Lipinski definition) is 6. The van der Waals surface area contributed by atoms with E-state index in [9.17, 15) is 19.5 Å². The van der Waals surface area contributed by atoms with E-state index in [2.05, 4.69) is 10.1 Å². The number of esters is 1. The van der Waals surface area contributed by atoms with Crippen molar-refractivity contribution in [2.75, 3.05) is 30.5 Å². The molecule has 2 aromatic rings. The third-order valence-corrected chi connectivity index (χ3v) is 5.48. The molecule has 0 atom stereocenters. The number of carbonyl (C=O) groups excluding carboxylic acids is 3. The molecule has 0 unspecified atom stereocenters. The number of para-hydroxylation sites is 1. The normalized spacial score (nSPS) is 13.2. The number of nitrogens with one attached hydrogen (secondary N) is 1. The van der Waals surface area contributed by atoms with Crippen LogP contribution in [0, 0.1) is 0 Å². The van der Waals surface area contributed by atoms with E-state index >= 15 is 0 Å². The van der Waals surface area contributed by atoms with E-state index in [0.717, 1.165) is 32.1 Å². The van der Waals surface area contributed by atoms with Crippen molar-refractivity contribution in [2.24, 2.45) is 0 Å². The summed E-state index contributed by atoms with van der Waals surface area (Å²) in [7, 11) is 1.40. The summed E-state index contributed by atoms with van der Waals surface area (Å²) in [4.78, 5) is 37.7. The fourth-order valence-corrected chi connectivity index (χ4v) is 3.63. The number of nitrogens with zero attached hydrogens (tertiary/aromatic N) is 1. The molecule has 1 heterocycles. The van der Waals surface area contributed by atoms with Crippen molar-refractivity contribution < 1.29 is 29.0 Å². The second kappa shape index (κ2) is 12.4. The van der Waals surface area contributed by atoms with Crippen LogP contribution in [0.15, 0.2) is 65.9 Å². The van der Waals surface area contributed by atoms with E-state index in [1.807, 2.05) is 6.07 Å². The third-order valence-electron chi connectivity index (χ3n) is 5.48. The number of rotatable bonds is 12. The molecule has 0 radical (unpaired) electrons. The predicted molar refractivity (Wildman–Crippen MR) is 129 cm³/mol. The average molecular weight is 467 g/mol. The van der Waals surface area contributed by atoms with Crippen LogP contribution in [0.2, 0.25) is 0 Å². The zero-order valence-corrected chi connectivity index (χ0v) is 19.3. The molecule has 1 aliphatic rings. The number of hydrogen-bond donors (Lipinski definition) is 2. The highest BCUT2D eigenvalue weighted by Crippen LogP contribution is 2.25. The molecule has 0 spiro atoms. The lowest BCUT2D eigenvalue weighted by Gasteiger charge is -2.16. The number of amides is 2. The first-order chi connectivity index (χ1) is 16.5. The van der Waals surface area contributed by atoms with E-state index in [1.165, 1.54) is 12.0 Å². The molecule has 34 heavy (non-hydrogen) atoms. The number of unbranched alkanes of at least 4 members (excludes halogenated alkanes) is 4. The molecule has 3 rings (SSSR count). The van der Waals surface area contributed by atoms with Gasteiger partial charge in [-0.3, -0.25) is 14.4 Å². The Morgan fingerprint density at radius 1 is 0.971 bits per heavy atom. The summed E-state index contributed by atoms with van der Waals surface area (Å²) in [6, 6.07) is 15.8. The van der Waals surface area contributed by atoms with Crippen molar-refractivity contribution in [1.29, 1.82) is 0 Å². The molecule has 0 saturated heterocycles. The number of aliphatic hydroxyl groups is 1. The average Bonchev–Trinajstić information content (AvgIpc) is 3.15. The molecule has 180 valence electrons. The second-order valence-corrected chi connectivity index (χ2v) is 7.97. The number of carbonyl (C=O) groups is 3. The first-order valence-electron chi connectivity index (χ1n) is 11.4. The Kier molecular flexibility index (Phi) is 9.08. The number of methoxy groups -OCH3 is 1. The van der Waals surface area contributed by atoms with E-state index < -0.39 is 11.8 Å². The number of aliphatic hydroxyl groups excluding tert-OH is 1. The van der Waals surface area contributed by atoms with Gasteiger partial charge in [-0.25, -0.2) is 0 Å². The standard InChI is InChI=1S/C26H30N2O6/c1-33-23(30)12-8-3-2-4-9-17-34-21-15-13-19(14-16-21)27-25(31)24-22(29)18-28(26(24)32)20-10-6-5-7-11-20/h5-7,10-11,13-16,29H,2-4,8-9,12,17-18H2,1H3,(H,27,31). The fraction of sp³-hybridized carbons (Fsp3) is 0.346. The fourth-order valence-electron chi connectivity index (χ4n) is 3.63. The lowest BCUT2D eigenvalue weighted by molar-refractivity contribution is -0.140. The molecule has 2 amide bonds. The minimum absolute atomic E-state index is 0.0380. The summed E-state index contributed by atoms with van der Waals surface area (Å²) in [5, 5.41) is 12.9. The van der Waals surface area contributed by atoms with Gasteiger partial charge in [0.2, 0.25) is 0 Å². The van der Waals surface area contributed by atoms with Crippen LogP contribution >= 0.6 is 0 Å². The number of benzene rings is 2. The largest absolute Gasteiger partial charge is 0.509 e. The van der Waals surface area contributed by atoms with Crippen molar-refractivity contribution >= 4 is 29.2 Å². The third kappa shape index (κ3) is 6.84. The van der Waals surface area contributed by atoms with Crippen LogP contribution in [0.3, 0.4) is 0 Å². The smallest absolute Gasteiger partial charge is 0.305 e. The van der Waals surface area contributed by atoms with Crippen LogP contribution in [0.25, 0.3) is 0 Å². The monoisotopic (exact) mass is 466 g/mol. The highest BCUT2D eigenvalue weighted by molar-refractivity contribution is 6.29. The molecule has 0 aliphatic carbocycles. The molecule has 2 N–H and O–H groups in total. The molecule has 8 heteroatoms. The van der Waals surface area contributed by atoms with Gasteiger partial charge in [0.25, 0.3) is 11.8 Å². The molecule has 1 aliphatic heterocycles. The Labute approximate surface area is 199 Å². The van der Waals surface area contributed by atoms with Crippen molar-refractivity contribution in [2.45, 2.75) is 38.5 Å². The van der Waals surface area contributed by atoms with Gasteiger partial charge in [-0.05, 0) is 49.2 Å². The Morgan fingerprint density at radius 3 is 2.35 bits per heavy atom. The van der Waals surface area contributed by atoms with Crippen LogP contribution in [-0.4, -0.2) is 43.2 Å². The van der Waals surface area contributed by atoms with Crippen LogP contribution in [0.5, 0.6) is 5.75 Å². The first kappa shape index (κ1) is 24.8. The molecule has 0 fully saturated rings. The summed E-state index contributed by atoms with van der Waals surface area (Å²) in [5.74, 6) is -0.928. The molecule has 0 bridgehead atoms. The van der Waals surface area contributed by atoms with Crippen molar-refractivity contribution in [3.63, 3.8) is 0 Å². The second-order valence-electron chi connectivity index (χ2n) is 7.97. The van der Waals surface area contributed by atoms with Gasteiger partial charge in [0.15, 0.2) is 0 Å². The number of anilines is 2. The van der Waals surface area contributed by atoms with Gasteiger partial charge in [0.05, 0.1) is 20.3 Å². The summed E-state index contributed by atoms with van der Waals surface area (Å²) in [5.41, 5.74) is 0.856. The quantitative estimate of drug-likeness (QED) is 0.273. The molecule has 8 nitrogen and oxygen atoms in total. The lowest BCUT2D eigenvalue weighted by Crippen LogP contribution is -2.30. The molecular formula is C26H30N2O6. The summed E-state index contributed by atoms with van der Waals surface area (Å²) < 4.78 is 10.3. The van der Waals surface area contributed by atoms with Gasteiger partial charge in [-0.15, -0.1) is 0 Å². The Bertz CT molecular complexity index is 1020. The number of ether oxygens (including phenoxy) is 2. The zero-order valence-electron chi connectivity index (χ0n) is 19.3. The van der Waals surface area contributed by atoms with E-state index in [1.54, 1.807) is 48.5 Å². The first-order valence-corrected chi connectivity index (χ1v) is 11.4. The maximum absolute atomic E-state index is 12.7. The minimum Gasteiger partial charge on any atom is -0.509 e. The lowest BCUT2D eigenvalue weighted by atomic mass is 10.1. The topological polar surface area (TPSA) is 105 Å². The molecular weight excluding hydrogens is 436 g/mol. The summed E-state index contributed by atoms with van der Waals surface area (Å²) >= 11 is 0. The Morgan fingerprint density at radius 2 is 1.65 bits per heavy atom. The van der Waals surface area contributed by atoms with Crippen LogP contribution < -0.4 is 15.0 Å². The van der Waals surface area contributed by atoms with Crippen molar-refractivity contribution in [3.8, 4) is 5.75 Å². The van der Waals surface area contributed by atoms with Crippen LogP contribution in [0.1, 0.15) is 38.5 Å². The molecule has 0 aromatic heterocycles. The van der Waals surface area contributed by atoms with Gasteiger partial charge in [-0.2, -0.15) is 0 Å². The highest BCUT2D eigenvalue weighted by atomic mass is 16.5.